The molecule has 0 saturated heterocycles. The number of nitrogens with zero attached hydrogens (tertiary/aromatic N) is 2. The fourth-order valence-corrected chi connectivity index (χ4v) is 2.39. The summed E-state index contributed by atoms with van der Waals surface area (Å²) >= 11 is 1.50. The average molecular weight is 275 g/mol. The fourth-order valence-electron chi connectivity index (χ4n) is 2.05. The normalized spacial score (nSPS) is 10.5. The summed E-state index contributed by atoms with van der Waals surface area (Å²) in [7, 11) is 1.84. The Morgan fingerprint density at radius 1 is 1.37 bits per heavy atom. The second kappa shape index (κ2) is 5.93. The van der Waals surface area contributed by atoms with E-state index in [1.165, 1.54) is 11.8 Å². The first-order valence-electron chi connectivity index (χ1n) is 6.01. The van der Waals surface area contributed by atoms with E-state index in [9.17, 15) is 4.79 Å². The number of aryl methyl sites for hydroxylation is 2. The molecular formula is C14H17N3OS. The van der Waals surface area contributed by atoms with Gasteiger partial charge >= 0.3 is 0 Å². The summed E-state index contributed by atoms with van der Waals surface area (Å²) in [6.45, 7) is 1.95. The van der Waals surface area contributed by atoms with Crippen LogP contribution >= 0.6 is 11.8 Å². The van der Waals surface area contributed by atoms with Gasteiger partial charge in [0.1, 0.15) is 5.82 Å². The van der Waals surface area contributed by atoms with Crippen molar-refractivity contribution >= 4 is 23.5 Å². The molecule has 0 bridgehead atoms. The van der Waals surface area contributed by atoms with Gasteiger partial charge in [0, 0.05) is 12.6 Å². The Bertz CT molecular complexity index is 578. The lowest BCUT2D eigenvalue weighted by molar-refractivity contribution is -0.113. The summed E-state index contributed by atoms with van der Waals surface area (Å²) in [4.78, 5) is 11.8. The first-order chi connectivity index (χ1) is 9.13. The molecule has 0 radical (unpaired) electrons. The Labute approximate surface area is 117 Å². The summed E-state index contributed by atoms with van der Waals surface area (Å²) in [5.41, 5.74) is 2.96. The van der Waals surface area contributed by atoms with Gasteiger partial charge in [-0.05, 0) is 18.7 Å². The summed E-state index contributed by atoms with van der Waals surface area (Å²) in [6.07, 6.45) is 1.91. The van der Waals surface area contributed by atoms with Crippen LogP contribution in [-0.2, 0) is 11.8 Å². The van der Waals surface area contributed by atoms with Crippen molar-refractivity contribution in [2.75, 3.05) is 17.3 Å². The van der Waals surface area contributed by atoms with Crippen LogP contribution in [0.5, 0.6) is 0 Å². The molecule has 0 spiro atoms. The third-order valence-corrected chi connectivity index (χ3v) is 3.37. The number of benzene rings is 1. The van der Waals surface area contributed by atoms with Crippen molar-refractivity contribution in [1.82, 2.24) is 9.78 Å². The zero-order valence-corrected chi connectivity index (χ0v) is 12.1. The molecule has 100 valence electrons. The highest BCUT2D eigenvalue weighted by molar-refractivity contribution is 7.99. The molecule has 2 rings (SSSR count). The first-order valence-corrected chi connectivity index (χ1v) is 7.40. The molecule has 0 aliphatic heterocycles. The van der Waals surface area contributed by atoms with E-state index in [1.54, 1.807) is 4.68 Å². The maximum atomic E-state index is 11.8. The predicted octanol–water partition coefficient (Wildman–Crippen LogP) is 2.70. The van der Waals surface area contributed by atoms with E-state index in [0.29, 0.717) is 5.75 Å². The molecule has 2 aromatic rings. The molecular weight excluding hydrogens is 258 g/mol. The van der Waals surface area contributed by atoms with Crippen molar-refractivity contribution in [3.05, 3.63) is 36.0 Å². The van der Waals surface area contributed by atoms with Gasteiger partial charge in [0.05, 0.1) is 11.4 Å². The second-order valence-electron chi connectivity index (χ2n) is 4.28. The molecule has 4 nitrogen and oxygen atoms in total. The molecule has 0 fully saturated rings. The number of carbonyl (C=O) groups is 1. The van der Waals surface area contributed by atoms with E-state index in [4.69, 9.17) is 0 Å². The van der Waals surface area contributed by atoms with Crippen LogP contribution in [0.25, 0.3) is 11.1 Å². The van der Waals surface area contributed by atoms with Crippen molar-refractivity contribution in [3.63, 3.8) is 0 Å². The van der Waals surface area contributed by atoms with Crippen LogP contribution in [0.3, 0.4) is 0 Å². The Hall–Kier alpha value is -1.75. The Balaban J connectivity index is 2.41. The van der Waals surface area contributed by atoms with Crippen molar-refractivity contribution in [2.45, 2.75) is 6.92 Å². The predicted molar refractivity (Wildman–Crippen MR) is 80.4 cm³/mol. The molecule has 1 N–H and O–H groups in total. The number of carbonyl (C=O) groups excluding carboxylic acids is 1. The third-order valence-electron chi connectivity index (χ3n) is 2.82. The first kappa shape index (κ1) is 13.7. The number of aromatic nitrogens is 2. The summed E-state index contributed by atoms with van der Waals surface area (Å²) in [5.74, 6) is 1.19. The van der Waals surface area contributed by atoms with Crippen LogP contribution in [0.2, 0.25) is 0 Å². The standard InChI is InChI=1S/C14H17N3OS/c1-10-13(11-7-5-4-6-8-11)14(17(2)16-10)15-12(18)9-19-3/h4-8H,9H2,1-3H3,(H,15,18). The van der Waals surface area contributed by atoms with E-state index in [1.807, 2.05) is 50.6 Å². The van der Waals surface area contributed by atoms with Gasteiger partial charge in [0.25, 0.3) is 0 Å². The van der Waals surface area contributed by atoms with E-state index >= 15 is 0 Å². The van der Waals surface area contributed by atoms with Crippen molar-refractivity contribution in [1.29, 1.82) is 0 Å². The Kier molecular flexibility index (Phi) is 4.27. The molecule has 1 heterocycles. The number of thioether (sulfide) groups is 1. The van der Waals surface area contributed by atoms with E-state index in [2.05, 4.69) is 10.4 Å². The molecule has 5 heteroatoms. The SMILES string of the molecule is CSCC(=O)Nc1c(-c2ccccc2)c(C)nn1C. The van der Waals surface area contributed by atoms with Crippen molar-refractivity contribution in [3.8, 4) is 11.1 Å². The van der Waals surface area contributed by atoms with Gasteiger partial charge in [0.2, 0.25) is 5.91 Å². The zero-order chi connectivity index (χ0) is 13.8. The second-order valence-corrected chi connectivity index (χ2v) is 5.15. The summed E-state index contributed by atoms with van der Waals surface area (Å²) < 4.78 is 1.72. The molecule has 0 aliphatic rings. The number of amides is 1. The van der Waals surface area contributed by atoms with E-state index in [0.717, 1.165) is 22.6 Å². The smallest absolute Gasteiger partial charge is 0.235 e. The molecule has 0 aliphatic carbocycles. The number of rotatable bonds is 4. The lowest BCUT2D eigenvalue weighted by Crippen LogP contribution is -2.16. The molecule has 0 unspecified atom stereocenters. The molecule has 1 amide bonds. The van der Waals surface area contributed by atoms with Crippen LogP contribution in [0.4, 0.5) is 5.82 Å². The highest BCUT2D eigenvalue weighted by atomic mass is 32.2. The van der Waals surface area contributed by atoms with Gasteiger partial charge in [-0.25, -0.2) is 0 Å². The maximum absolute atomic E-state index is 11.8. The quantitative estimate of drug-likeness (QED) is 0.933. The number of hydrogen-bond acceptors (Lipinski definition) is 3. The number of hydrogen-bond donors (Lipinski definition) is 1. The highest BCUT2D eigenvalue weighted by Gasteiger charge is 2.16. The lowest BCUT2D eigenvalue weighted by Gasteiger charge is -2.08. The summed E-state index contributed by atoms with van der Waals surface area (Å²) in [6, 6.07) is 9.98. The van der Waals surface area contributed by atoms with Crippen molar-refractivity contribution in [2.24, 2.45) is 7.05 Å². The molecule has 0 atom stereocenters. The van der Waals surface area contributed by atoms with Crippen LogP contribution < -0.4 is 5.32 Å². The highest BCUT2D eigenvalue weighted by Crippen LogP contribution is 2.30. The Morgan fingerprint density at radius 2 is 2.05 bits per heavy atom. The minimum atomic E-state index is -0.00678. The monoisotopic (exact) mass is 275 g/mol. The van der Waals surface area contributed by atoms with Gasteiger partial charge in [-0.2, -0.15) is 16.9 Å². The zero-order valence-electron chi connectivity index (χ0n) is 11.3. The minimum Gasteiger partial charge on any atom is -0.310 e. The minimum absolute atomic E-state index is 0.00678. The van der Waals surface area contributed by atoms with E-state index in [-0.39, 0.29) is 5.91 Å². The average Bonchev–Trinajstić information content (AvgIpc) is 2.65. The third kappa shape index (κ3) is 2.98. The van der Waals surface area contributed by atoms with Gasteiger partial charge in [-0.1, -0.05) is 30.3 Å². The fraction of sp³-hybridized carbons (Fsp3) is 0.286. The maximum Gasteiger partial charge on any atom is 0.235 e. The molecule has 1 aromatic heterocycles. The lowest BCUT2D eigenvalue weighted by atomic mass is 10.1. The molecule has 0 saturated carbocycles. The Morgan fingerprint density at radius 3 is 2.68 bits per heavy atom. The van der Waals surface area contributed by atoms with Crippen LogP contribution in [0.15, 0.2) is 30.3 Å². The van der Waals surface area contributed by atoms with Gasteiger partial charge in [-0.3, -0.25) is 9.48 Å². The van der Waals surface area contributed by atoms with Gasteiger partial charge in [0.15, 0.2) is 0 Å². The largest absolute Gasteiger partial charge is 0.310 e. The summed E-state index contributed by atoms with van der Waals surface area (Å²) in [5, 5.41) is 7.34. The van der Waals surface area contributed by atoms with Crippen molar-refractivity contribution < 1.29 is 4.79 Å². The topological polar surface area (TPSA) is 46.9 Å². The molecule has 1 aromatic carbocycles. The van der Waals surface area contributed by atoms with Crippen LogP contribution in [0, 0.1) is 6.92 Å². The number of anilines is 1. The van der Waals surface area contributed by atoms with E-state index < -0.39 is 0 Å². The van der Waals surface area contributed by atoms with Crippen LogP contribution in [-0.4, -0.2) is 27.7 Å². The van der Waals surface area contributed by atoms with Gasteiger partial charge in [-0.15, -0.1) is 0 Å². The van der Waals surface area contributed by atoms with Gasteiger partial charge < -0.3 is 5.32 Å². The molecule has 19 heavy (non-hydrogen) atoms. The van der Waals surface area contributed by atoms with Crippen LogP contribution in [0.1, 0.15) is 5.69 Å². The number of nitrogens with one attached hydrogen (secondary N) is 1.